The van der Waals surface area contributed by atoms with Crippen LogP contribution < -0.4 is 4.90 Å². The molecule has 0 aliphatic carbocycles. The van der Waals surface area contributed by atoms with Crippen LogP contribution in [0.2, 0.25) is 0 Å². The molecule has 0 radical (unpaired) electrons. The number of para-hydroxylation sites is 1. The van der Waals surface area contributed by atoms with Crippen molar-refractivity contribution in [1.29, 1.82) is 0 Å². The molecule has 0 atom stereocenters. The Bertz CT molecular complexity index is 525. The molecule has 1 aromatic carbocycles. The number of aryl methyl sites for hydroxylation is 1. The fourth-order valence-electron chi connectivity index (χ4n) is 1.59. The third-order valence-corrected chi connectivity index (χ3v) is 2.49. The molecule has 0 fully saturated rings. The van der Waals surface area contributed by atoms with Gasteiger partial charge in [0, 0.05) is 12.7 Å². The second kappa shape index (κ2) is 5.26. The molecule has 0 saturated carbocycles. The van der Waals surface area contributed by atoms with E-state index in [0.29, 0.717) is 12.4 Å². The zero-order chi connectivity index (χ0) is 13.0. The van der Waals surface area contributed by atoms with Gasteiger partial charge in [0.1, 0.15) is 6.54 Å². The number of nitrogens with zero attached hydrogens (tertiary/aromatic N) is 5. The minimum absolute atomic E-state index is 0.100. The summed E-state index contributed by atoms with van der Waals surface area (Å²) < 4.78 is 1.53. The smallest absolute Gasteiger partial charge is 0.323 e. The van der Waals surface area contributed by atoms with E-state index in [1.165, 1.54) is 4.68 Å². The predicted octanol–water partition coefficient (Wildman–Crippen LogP) is 0.301. The average molecular weight is 247 g/mol. The molecule has 0 spiro atoms. The van der Waals surface area contributed by atoms with Gasteiger partial charge in [0.2, 0.25) is 0 Å². The fourth-order valence-corrected chi connectivity index (χ4v) is 1.59. The van der Waals surface area contributed by atoms with Gasteiger partial charge in [-0.05, 0) is 22.6 Å². The van der Waals surface area contributed by atoms with Gasteiger partial charge in [-0.15, -0.1) is 5.10 Å². The number of benzene rings is 1. The van der Waals surface area contributed by atoms with Gasteiger partial charge in [-0.3, -0.25) is 4.79 Å². The van der Waals surface area contributed by atoms with E-state index in [4.69, 9.17) is 5.11 Å². The zero-order valence-corrected chi connectivity index (χ0v) is 9.89. The van der Waals surface area contributed by atoms with Crippen molar-refractivity contribution in [3.8, 4) is 0 Å². The maximum absolute atomic E-state index is 10.9. The van der Waals surface area contributed by atoms with E-state index >= 15 is 0 Å². The molecule has 2 rings (SSSR count). The number of carbonyl (C=O) groups is 1. The van der Waals surface area contributed by atoms with Crippen LogP contribution in [-0.4, -0.2) is 37.8 Å². The largest absolute Gasteiger partial charge is 0.480 e. The average Bonchev–Trinajstić information content (AvgIpc) is 2.75. The van der Waals surface area contributed by atoms with E-state index in [0.717, 1.165) is 5.69 Å². The number of aromatic nitrogens is 4. The quantitative estimate of drug-likeness (QED) is 0.818. The number of aliphatic carboxylic acids is 1. The van der Waals surface area contributed by atoms with Crippen LogP contribution in [0.5, 0.6) is 0 Å². The van der Waals surface area contributed by atoms with Crippen LogP contribution in [0, 0.1) is 0 Å². The van der Waals surface area contributed by atoms with Crippen LogP contribution in [0.25, 0.3) is 0 Å². The van der Waals surface area contributed by atoms with E-state index < -0.39 is 5.97 Å². The van der Waals surface area contributed by atoms with Crippen molar-refractivity contribution in [3.63, 3.8) is 0 Å². The lowest BCUT2D eigenvalue weighted by Gasteiger charge is -2.21. The first-order chi connectivity index (χ1) is 8.66. The summed E-state index contributed by atoms with van der Waals surface area (Å²) in [7, 11) is 1.72. The molecular formula is C11H13N5O2. The van der Waals surface area contributed by atoms with Crippen LogP contribution >= 0.6 is 0 Å². The molecule has 0 amide bonds. The Labute approximate surface area is 104 Å². The fraction of sp³-hybridized carbons (Fsp3) is 0.273. The summed E-state index contributed by atoms with van der Waals surface area (Å²) in [6.07, 6.45) is 0. The minimum atomic E-state index is -0.894. The molecule has 0 aliphatic heterocycles. The predicted molar refractivity (Wildman–Crippen MR) is 63.9 cm³/mol. The normalized spacial score (nSPS) is 10.3. The maximum Gasteiger partial charge on any atom is 0.323 e. The third-order valence-electron chi connectivity index (χ3n) is 2.49. The topological polar surface area (TPSA) is 84.1 Å². The lowest BCUT2D eigenvalue weighted by molar-refractivity contribution is -0.135. The van der Waals surface area contributed by atoms with Crippen LogP contribution in [0.15, 0.2) is 30.3 Å². The van der Waals surface area contributed by atoms with Crippen molar-refractivity contribution < 1.29 is 9.90 Å². The minimum Gasteiger partial charge on any atom is -0.480 e. The standard InChI is InChI=1S/C11H13N5O2/c1-15-10(12-13-14-15)7-16(8-11(17)18)9-5-3-2-4-6-9/h2-6H,7-8H2,1H3,(H,17,18). The highest BCUT2D eigenvalue weighted by atomic mass is 16.4. The number of carboxylic acid groups (broad SMARTS) is 1. The van der Waals surface area contributed by atoms with Crippen molar-refractivity contribution in [2.75, 3.05) is 11.4 Å². The number of anilines is 1. The van der Waals surface area contributed by atoms with Crippen molar-refractivity contribution in [2.45, 2.75) is 6.54 Å². The monoisotopic (exact) mass is 247 g/mol. The molecule has 0 unspecified atom stereocenters. The summed E-state index contributed by atoms with van der Waals surface area (Å²) in [6.45, 7) is 0.247. The lowest BCUT2D eigenvalue weighted by atomic mass is 10.3. The van der Waals surface area contributed by atoms with Crippen LogP contribution in [-0.2, 0) is 18.4 Å². The van der Waals surface area contributed by atoms with Gasteiger partial charge in [0.05, 0.1) is 6.54 Å². The van der Waals surface area contributed by atoms with E-state index in [1.807, 2.05) is 30.3 Å². The van der Waals surface area contributed by atoms with Crippen LogP contribution in [0.3, 0.4) is 0 Å². The number of hydrogen-bond acceptors (Lipinski definition) is 5. The van der Waals surface area contributed by atoms with E-state index in [-0.39, 0.29) is 6.54 Å². The highest BCUT2D eigenvalue weighted by Gasteiger charge is 2.14. The first kappa shape index (κ1) is 12.0. The molecule has 0 aliphatic rings. The summed E-state index contributed by atoms with van der Waals surface area (Å²) in [4.78, 5) is 12.6. The molecular weight excluding hydrogens is 234 g/mol. The summed E-state index contributed by atoms with van der Waals surface area (Å²) in [5.74, 6) is -0.283. The lowest BCUT2D eigenvalue weighted by Crippen LogP contribution is -2.30. The van der Waals surface area contributed by atoms with Crippen molar-refractivity contribution >= 4 is 11.7 Å². The molecule has 7 heteroatoms. The van der Waals surface area contributed by atoms with Gasteiger partial charge in [0.15, 0.2) is 5.82 Å². The second-order valence-electron chi connectivity index (χ2n) is 3.80. The molecule has 1 aromatic heterocycles. The number of carboxylic acids is 1. The molecule has 18 heavy (non-hydrogen) atoms. The van der Waals surface area contributed by atoms with Gasteiger partial charge in [-0.2, -0.15) is 0 Å². The molecule has 94 valence electrons. The SMILES string of the molecule is Cn1nnnc1CN(CC(=O)O)c1ccccc1. The summed E-state index contributed by atoms with van der Waals surface area (Å²) in [6, 6.07) is 9.31. The summed E-state index contributed by atoms with van der Waals surface area (Å²) in [5.41, 5.74) is 0.822. The van der Waals surface area contributed by atoms with E-state index in [2.05, 4.69) is 15.5 Å². The van der Waals surface area contributed by atoms with Crippen LogP contribution in [0.1, 0.15) is 5.82 Å². The second-order valence-corrected chi connectivity index (χ2v) is 3.80. The first-order valence-corrected chi connectivity index (χ1v) is 5.40. The molecule has 1 N–H and O–H groups in total. The Morgan fingerprint density at radius 3 is 2.67 bits per heavy atom. The first-order valence-electron chi connectivity index (χ1n) is 5.40. The zero-order valence-electron chi connectivity index (χ0n) is 9.89. The maximum atomic E-state index is 10.9. The van der Waals surface area contributed by atoms with Crippen molar-refractivity contribution in [3.05, 3.63) is 36.2 Å². The molecule has 2 aromatic rings. The van der Waals surface area contributed by atoms with Gasteiger partial charge in [-0.25, -0.2) is 4.68 Å². The summed E-state index contributed by atoms with van der Waals surface area (Å²) in [5, 5.41) is 20.1. The van der Waals surface area contributed by atoms with E-state index in [1.54, 1.807) is 11.9 Å². The molecule has 7 nitrogen and oxygen atoms in total. The van der Waals surface area contributed by atoms with Gasteiger partial charge in [0.25, 0.3) is 0 Å². The highest BCUT2D eigenvalue weighted by Crippen LogP contribution is 2.15. The number of tetrazole rings is 1. The Balaban J connectivity index is 2.21. The Morgan fingerprint density at radius 1 is 1.39 bits per heavy atom. The summed E-state index contributed by atoms with van der Waals surface area (Å²) >= 11 is 0. The van der Waals surface area contributed by atoms with Gasteiger partial charge < -0.3 is 10.0 Å². The molecule has 0 bridgehead atoms. The Hall–Kier alpha value is -2.44. The van der Waals surface area contributed by atoms with Gasteiger partial charge >= 0.3 is 5.97 Å². The number of rotatable bonds is 5. The molecule has 0 saturated heterocycles. The Morgan fingerprint density at radius 2 is 2.11 bits per heavy atom. The van der Waals surface area contributed by atoms with E-state index in [9.17, 15) is 4.79 Å². The van der Waals surface area contributed by atoms with Gasteiger partial charge in [-0.1, -0.05) is 18.2 Å². The van der Waals surface area contributed by atoms with Crippen molar-refractivity contribution in [1.82, 2.24) is 20.2 Å². The highest BCUT2D eigenvalue weighted by molar-refractivity contribution is 5.73. The van der Waals surface area contributed by atoms with Crippen molar-refractivity contribution in [2.24, 2.45) is 7.05 Å². The molecule has 1 heterocycles. The van der Waals surface area contributed by atoms with Crippen LogP contribution in [0.4, 0.5) is 5.69 Å². The Kier molecular flexibility index (Phi) is 3.52. The third kappa shape index (κ3) is 2.82. The number of hydrogen-bond donors (Lipinski definition) is 1.